The van der Waals surface area contributed by atoms with E-state index in [1.165, 1.54) is 0 Å². The smallest absolute Gasteiger partial charge is 0.133 e. The Morgan fingerprint density at radius 2 is 1.62 bits per heavy atom. The third-order valence-electron chi connectivity index (χ3n) is 3.25. The van der Waals surface area contributed by atoms with Gasteiger partial charge in [0.25, 0.3) is 0 Å². The monoisotopic (exact) mass is 432 g/mol. The molecule has 1 atom stereocenters. The van der Waals surface area contributed by atoms with Gasteiger partial charge < -0.3 is 9.47 Å². The van der Waals surface area contributed by atoms with Crippen LogP contribution in [0.4, 0.5) is 0 Å². The van der Waals surface area contributed by atoms with E-state index >= 15 is 0 Å². The highest BCUT2D eigenvalue weighted by atomic mass is 79.9. The number of hydrogen-bond acceptors (Lipinski definition) is 2. The van der Waals surface area contributed by atoms with Crippen LogP contribution < -0.4 is 9.47 Å². The van der Waals surface area contributed by atoms with Gasteiger partial charge in [0, 0.05) is 10.0 Å². The Labute approximate surface area is 146 Å². The van der Waals surface area contributed by atoms with Crippen LogP contribution >= 0.6 is 43.5 Å². The molecule has 0 aliphatic carbocycles. The third kappa shape index (κ3) is 3.55. The van der Waals surface area contributed by atoms with Crippen molar-refractivity contribution in [3.05, 3.63) is 56.0 Å². The van der Waals surface area contributed by atoms with Crippen molar-refractivity contribution in [2.45, 2.75) is 12.3 Å². The molecule has 0 radical (unpaired) electrons. The summed E-state index contributed by atoms with van der Waals surface area (Å²) in [4.78, 5) is 0. The van der Waals surface area contributed by atoms with E-state index in [1.807, 2.05) is 31.2 Å². The zero-order valence-corrected chi connectivity index (χ0v) is 15.8. The number of benzene rings is 2. The van der Waals surface area contributed by atoms with Crippen LogP contribution in [0.5, 0.6) is 11.5 Å². The zero-order valence-electron chi connectivity index (χ0n) is 11.9. The molecule has 0 N–H and O–H groups in total. The molecule has 0 aliphatic heterocycles. The molecule has 0 aromatic heterocycles. The highest BCUT2D eigenvalue weighted by Crippen LogP contribution is 2.41. The SMILES string of the molecule is COc1cc(C(Cl)c2ccc(Br)c(C)c2)c(OC)cc1Br. The van der Waals surface area contributed by atoms with Gasteiger partial charge in [-0.05, 0) is 52.2 Å². The van der Waals surface area contributed by atoms with Crippen molar-refractivity contribution in [3.63, 3.8) is 0 Å². The molecule has 0 saturated heterocycles. The van der Waals surface area contributed by atoms with Gasteiger partial charge >= 0.3 is 0 Å². The first kappa shape index (κ1) is 16.7. The van der Waals surface area contributed by atoms with Crippen molar-refractivity contribution in [2.24, 2.45) is 0 Å². The number of hydrogen-bond donors (Lipinski definition) is 0. The lowest BCUT2D eigenvalue weighted by atomic mass is 10.0. The van der Waals surface area contributed by atoms with Crippen LogP contribution in [0.15, 0.2) is 39.3 Å². The maximum Gasteiger partial charge on any atom is 0.133 e. The molecular weight excluding hydrogens is 419 g/mol. The summed E-state index contributed by atoms with van der Waals surface area (Å²) in [5, 5.41) is -0.311. The van der Waals surface area contributed by atoms with Crippen LogP contribution in [0.3, 0.4) is 0 Å². The molecule has 0 heterocycles. The number of halogens is 3. The fraction of sp³-hybridized carbons (Fsp3) is 0.250. The molecule has 0 bridgehead atoms. The van der Waals surface area contributed by atoms with Crippen LogP contribution in [0.25, 0.3) is 0 Å². The Kier molecular flexibility index (Phi) is 5.58. The summed E-state index contributed by atoms with van der Waals surface area (Å²) in [6.45, 7) is 2.04. The van der Waals surface area contributed by atoms with E-state index in [1.54, 1.807) is 14.2 Å². The number of ether oxygens (including phenoxy) is 2. The van der Waals surface area contributed by atoms with Gasteiger partial charge in [0.05, 0.1) is 24.1 Å². The summed E-state index contributed by atoms with van der Waals surface area (Å²) < 4.78 is 12.7. The van der Waals surface area contributed by atoms with Gasteiger partial charge in [-0.25, -0.2) is 0 Å². The Balaban J connectivity index is 2.50. The minimum atomic E-state index is -0.311. The fourth-order valence-corrected chi connectivity index (χ4v) is 3.12. The zero-order chi connectivity index (χ0) is 15.6. The molecule has 112 valence electrons. The number of alkyl halides is 1. The van der Waals surface area contributed by atoms with Gasteiger partial charge in [0.1, 0.15) is 11.5 Å². The van der Waals surface area contributed by atoms with Crippen LogP contribution in [0.1, 0.15) is 22.1 Å². The maximum absolute atomic E-state index is 6.65. The fourth-order valence-electron chi connectivity index (χ4n) is 2.09. The average Bonchev–Trinajstić information content (AvgIpc) is 2.49. The van der Waals surface area contributed by atoms with E-state index in [9.17, 15) is 0 Å². The first-order valence-corrected chi connectivity index (χ1v) is 8.31. The van der Waals surface area contributed by atoms with Gasteiger partial charge in [0.2, 0.25) is 0 Å². The average molecular weight is 435 g/mol. The van der Waals surface area contributed by atoms with Crippen molar-refractivity contribution < 1.29 is 9.47 Å². The first-order valence-electron chi connectivity index (χ1n) is 6.29. The predicted octanol–water partition coefficient (Wildman–Crippen LogP) is 5.87. The van der Waals surface area contributed by atoms with E-state index in [0.29, 0.717) is 0 Å². The molecule has 0 saturated carbocycles. The maximum atomic E-state index is 6.65. The summed E-state index contributed by atoms with van der Waals surface area (Å²) in [6, 6.07) is 9.84. The highest BCUT2D eigenvalue weighted by Gasteiger charge is 2.19. The number of rotatable bonds is 4. The standard InChI is InChI=1S/C16H15Br2ClO2/c1-9-6-10(4-5-12(9)17)16(19)11-7-15(21-3)13(18)8-14(11)20-2/h4-8,16H,1-3H3. The summed E-state index contributed by atoms with van der Waals surface area (Å²) in [6.07, 6.45) is 0. The number of aryl methyl sites for hydroxylation is 1. The van der Waals surface area contributed by atoms with E-state index in [-0.39, 0.29) is 5.38 Å². The second-order valence-corrected chi connectivity index (χ2v) is 6.74. The van der Waals surface area contributed by atoms with E-state index < -0.39 is 0 Å². The molecule has 2 nitrogen and oxygen atoms in total. The van der Waals surface area contributed by atoms with Crippen molar-refractivity contribution >= 4 is 43.5 Å². The van der Waals surface area contributed by atoms with Gasteiger partial charge in [-0.15, -0.1) is 11.6 Å². The lowest BCUT2D eigenvalue weighted by Gasteiger charge is -2.17. The Morgan fingerprint density at radius 3 is 2.19 bits per heavy atom. The topological polar surface area (TPSA) is 18.5 Å². The summed E-state index contributed by atoms with van der Waals surface area (Å²) in [7, 11) is 3.26. The molecule has 0 fully saturated rings. The van der Waals surface area contributed by atoms with Crippen LogP contribution in [0, 0.1) is 6.92 Å². The van der Waals surface area contributed by atoms with E-state index in [2.05, 4.69) is 37.9 Å². The molecule has 0 aliphatic rings. The molecule has 2 rings (SSSR count). The molecular formula is C16H15Br2ClO2. The van der Waals surface area contributed by atoms with Crippen LogP contribution in [-0.2, 0) is 0 Å². The molecule has 5 heteroatoms. The second-order valence-electron chi connectivity index (χ2n) is 4.60. The molecule has 21 heavy (non-hydrogen) atoms. The minimum absolute atomic E-state index is 0.311. The van der Waals surface area contributed by atoms with Crippen molar-refractivity contribution in [1.29, 1.82) is 0 Å². The van der Waals surface area contributed by atoms with Crippen LogP contribution in [0.2, 0.25) is 0 Å². The Bertz CT molecular complexity index is 659. The van der Waals surface area contributed by atoms with Crippen molar-refractivity contribution in [2.75, 3.05) is 14.2 Å². The summed E-state index contributed by atoms with van der Waals surface area (Å²) in [5.74, 6) is 1.45. The molecule has 1 unspecified atom stereocenters. The number of methoxy groups -OCH3 is 2. The van der Waals surface area contributed by atoms with E-state index in [0.717, 1.165) is 37.1 Å². The van der Waals surface area contributed by atoms with Gasteiger partial charge in [-0.3, -0.25) is 0 Å². The molecule has 0 amide bonds. The predicted molar refractivity (Wildman–Crippen MR) is 93.8 cm³/mol. The van der Waals surface area contributed by atoms with Gasteiger partial charge in [-0.2, -0.15) is 0 Å². The van der Waals surface area contributed by atoms with Crippen molar-refractivity contribution in [1.82, 2.24) is 0 Å². The minimum Gasteiger partial charge on any atom is -0.496 e. The molecule has 2 aromatic rings. The highest BCUT2D eigenvalue weighted by molar-refractivity contribution is 9.10. The molecule has 0 spiro atoms. The van der Waals surface area contributed by atoms with Crippen LogP contribution in [-0.4, -0.2) is 14.2 Å². The molecule has 2 aromatic carbocycles. The summed E-state index contributed by atoms with van der Waals surface area (Å²) in [5.41, 5.74) is 3.03. The lowest BCUT2D eigenvalue weighted by molar-refractivity contribution is 0.397. The van der Waals surface area contributed by atoms with E-state index in [4.69, 9.17) is 21.1 Å². The Morgan fingerprint density at radius 1 is 0.952 bits per heavy atom. The normalized spacial score (nSPS) is 12.1. The van der Waals surface area contributed by atoms with Gasteiger partial charge in [-0.1, -0.05) is 28.1 Å². The quantitative estimate of drug-likeness (QED) is 0.561. The summed E-state index contributed by atoms with van der Waals surface area (Å²) >= 11 is 13.6. The first-order chi connectivity index (χ1) is 9.97. The second kappa shape index (κ2) is 7.03. The largest absolute Gasteiger partial charge is 0.496 e. The van der Waals surface area contributed by atoms with Crippen molar-refractivity contribution in [3.8, 4) is 11.5 Å². The Hall–Kier alpha value is -0.710. The lowest BCUT2D eigenvalue weighted by Crippen LogP contribution is -2.00. The third-order valence-corrected chi connectivity index (χ3v) is 5.25. The van der Waals surface area contributed by atoms with Gasteiger partial charge in [0.15, 0.2) is 0 Å².